The van der Waals surface area contributed by atoms with Crippen LogP contribution < -0.4 is 4.90 Å². The molecule has 0 N–H and O–H groups in total. The fourth-order valence-corrected chi connectivity index (χ4v) is 1.46. The third kappa shape index (κ3) is 3.67. The lowest BCUT2D eigenvalue weighted by molar-refractivity contribution is 0.557. The van der Waals surface area contributed by atoms with Crippen molar-refractivity contribution in [3.05, 3.63) is 18.1 Å². The molecule has 1 atom stereocenters. The minimum atomic E-state index is 0.415. The fourth-order valence-electron chi connectivity index (χ4n) is 1.33. The maximum atomic E-state index is 5.72. The number of halogens is 1. The van der Waals surface area contributed by atoms with Gasteiger partial charge < -0.3 is 4.90 Å². The Labute approximate surface area is 96.5 Å². The van der Waals surface area contributed by atoms with Crippen LogP contribution >= 0.6 is 11.6 Å². The lowest BCUT2D eigenvalue weighted by atomic mass is 10.1. The molecule has 4 heteroatoms. The van der Waals surface area contributed by atoms with Crippen molar-refractivity contribution in [1.82, 2.24) is 9.97 Å². The molecule has 1 aromatic heterocycles. The van der Waals surface area contributed by atoms with Gasteiger partial charge in [0.25, 0.3) is 0 Å². The molecule has 0 saturated carbocycles. The molecule has 3 nitrogen and oxygen atoms in total. The first-order valence-electron chi connectivity index (χ1n) is 5.25. The summed E-state index contributed by atoms with van der Waals surface area (Å²) in [5.41, 5.74) is 0.824. The third-order valence-corrected chi connectivity index (χ3v) is 2.76. The molecule has 0 aromatic carbocycles. The zero-order chi connectivity index (χ0) is 11.3. The lowest BCUT2D eigenvalue weighted by Crippen LogP contribution is -2.24. The van der Waals surface area contributed by atoms with Gasteiger partial charge in [0.05, 0.1) is 17.8 Å². The van der Waals surface area contributed by atoms with Crippen LogP contribution in [0.25, 0.3) is 0 Å². The lowest BCUT2D eigenvalue weighted by Gasteiger charge is -2.21. The van der Waals surface area contributed by atoms with Gasteiger partial charge in [-0.2, -0.15) is 0 Å². The molecule has 0 aliphatic rings. The van der Waals surface area contributed by atoms with Crippen LogP contribution in [0.2, 0.25) is 0 Å². The van der Waals surface area contributed by atoms with Crippen molar-refractivity contribution in [3.63, 3.8) is 0 Å². The van der Waals surface area contributed by atoms with Crippen LogP contribution in [0, 0.1) is 5.92 Å². The predicted molar refractivity (Wildman–Crippen MR) is 64.3 cm³/mol. The summed E-state index contributed by atoms with van der Waals surface area (Å²) in [6, 6.07) is 0. The van der Waals surface area contributed by atoms with Crippen LogP contribution in [-0.2, 0) is 5.88 Å². The SMILES string of the molecule is CCC(C)CN(C)c1cncc(CCl)n1. The molecule has 0 spiro atoms. The minimum absolute atomic E-state index is 0.415. The first-order valence-corrected chi connectivity index (χ1v) is 5.78. The maximum absolute atomic E-state index is 5.72. The summed E-state index contributed by atoms with van der Waals surface area (Å²) < 4.78 is 0. The monoisotopic (exact) mass is 227 g/mol. The Balaban J connectivity index is 2.68. The van der Waals surface area contributed by atoms with Crippen molar-refractivity contribution in [2.75, 3.05) is 18.5 Å². The molecule has 1 unspecified atom stereocenters. The Kier molecular flexibility index (Phi) is 4.82. The highest BCUT2D eigenvalue weighted by Crippen LogP contribution is 2.12. The summed E-state index contributed by atoms with van der Waals surface area (Å²) >= 11 is 5.72. The van der Waals surface area contributed by atoms with Crippen LogP contribution in [0.1, 0.15) is 26.0 Å². The molecule has 0 aliphatic heterocycles. The van der Waals surface area contributed by atoms with Gasteiger partial charge in [-0.25, -0.2) is 4.98 Å². The number of alkyl halides is 1. The molecule has 0 amide bonds. The Hall–Kier alpha value is -0.830. The standard InChI is InChI=1S/C11H18ClN3/c1-4-9(2)8-15(3)11-7-13-6-10(5-12)14-11/h6-7,9H,4-5,8H2,1-3H3. The van der Waals surface area contributed by atoms with E-state index in [1.165, 1.54) is 6.42 Å². The summed E-state index contributed by atoms with van der Waals surface area (Å²) in [6.45, 7) is 5.42. The van der Waals surface area contributed by atoms with Gasteiger partial charge in [-0.3, -0.25) is 4.98 Å². The van der Waals surface area contributed by atoms with Gasteiger partial charge in [-0.05, 0) is 5.92 Å². The van der Waals surface area contributed by atoms with Crippen molar-refractivity contribution in [2.24, 2.45) is 5.92 Å². The number of anilines is 1. The van der Waals surface area contributed by atoms with E-state index in [0.29, 0.717) is 11.8 Å². The summed E-state index contributed by atoms with van der Waals surface area (Å²) in [5.74, 6) is 1.97. The van der Waals surface area contributed by atoms with Crippen LogP contribution in [0.5, 0.6) is 0 Å². The highest BCUT2D eigenvalue weighted by Gasteiger charge is 2.07. The quantitative estimate of drug-likeness (QED) is 0.725. The van der Waals surface area contributed by atoms with Crippen LogP contribution in [0.4, 0.5) is 5.82 Å². The Morgan fingerprint density at radius 1 is 1.47 bits per heavy atom. The number of rotatable bonds is 5. The van der Waals surface area contributed by atoms with Crippen molar-refractivity contribution >= 4 is 17.4 Å². The van der Waals surface area contributed by atoms with Crippen LogP contribution in [0.15, 0.2) is 12.4 Å². The zero-order valence-electron chi connectivity index (χ0n) is 9.57. The molecule has 0 fully saturated rings. The summed E-state index contributed by atoms with van der Waals surface area (Å²) in [7, 11) is 2.04. The van der Waals surface area contributed by atoms with E-state index in [2.05, 4.69) is 28.7 Å². The fraction of sp³-hybridized carbons (Fsp3) is 0.636. The molecule has 1 heterocycles. The second-order valence-corrected chi connectivity index (χ2v) is 4.16. The average Bonchev–Trinajstić information content (AvgIpc) is 2.28. The van der Waals surface area contributed by atoms with Gasteiger partial charge in [0.15, 0.2) is 0 Å². The largest absolute Gasteiger partial charge is 0.358 e. The third-order valence-electron chi connectivity index (χ3n) is 2.48. The van der Waals surface area contributed by atoms with Gasteiger partial charge in [0, 0.05) is 19.8 Å². The maximum Gasteiger partial charge on any atom is 0.147 e. The molecule has 0 radical (unpaired) electrons. The molecule has 0 bridgehead atoms. The highest BCUT2D eigenvalue weighted by molar-refractivity contribution is 6.16. The van der Waals surface area contributed by atoms with Crippen molar-refractivity contribution in [1.29, 1.82) is 0 Å². The van der Waals surface area contributed by atoms with Crippen molar-refractivity contribution in [3.8, 4) is 0 Å². The van der Waals surface area contributed by atoms with E-state index in [9.17, 15) is 0 Å². The van der Waals surface area contributed by atoms with Crippen molar-refractivity contribution < 1.29 is 0 Å². The van der Waals surface area contributed by atoms with Crippen molar-refractivity contribution in [2.45, 2.75) is 26.1 Å². The van der Waals surface area contributed by atoms with E-state index in [-0.39, 0.29) is 0 Å². The average molecular weight is 228 g/mol. The predicted octanol–water partition coefficient (Wildman–Crippen LogP) is 2.70. The van der Waals surface area contributed by atoms with E-state index in [4.69, 9.17) is 11.6 Å². The number of hydrogen-bond donors (Lipinski definition) is 0. The molecule has 84 valence electrons. The molecular formula is C11H18ClN3. The first-order chi connectivity index (χ1) is 7.17. The van der Waals surface area contributed by atoms with Crippen LogP contribution in [0.3, 0.4) is 0 Å². The van der Waals surface area contributed by atoms with Gasteiger partial charge in [-0.15, -0.1) is 11.6 Å². The van der Waals surface area contributed by atoms with E-state index < -0.39 is 0 Å². The van der Waals surface area contributed by atoms with Gasteiger partial charge in [0.1, 0.15) is 5.82 Å². The number of nitrogens with zero attached hydrogens (tertiary/aromatic N) is 3. The van der Waals surface area contributed by atoms with E-state index >= 15 is 0 Å². The molecule has 1 aromatic rings. The summed E-state index contributed by atoms with van der Waals surface area (Å²) in [4.78, 5) is 10.7. The summed E-state index contributed by atoms with van der Waals surface area (Å²) in [5, 5.41) is 0. The van der Waals surface area contributed by atoms with Gasteiger partial charge >= 0.3 is 0 Å². The smallest absolute Gasteiger partial charge is 0.147 e. The topological polar surface area (TPSA) is 29.0 Å². The van der Waals surface area contributed by atoms with E-state index in [1.54, 1.807) is 12.4 Å². The zero-order valence-corrected chi connectivity index (χ0v) is 10.3. The molecule has 0 aliphatic carbocycles. The Morgan fingerprint density at radius 2 is 2.20 bits per heavy atom. The second-order valence-electron chi connectivity index (χ2n) is 3.90. The number of aromatic nitrogens is 2. The highest BCUT2D eigenvalue weighted by atomic mass is 35.5. The number of hydrogen-bond acceptors (Lipinski definition) is 3. The van der Waals surface area contributed by atoms with Gasteiger partial charge in [0.2, 0.25) is 0 Å². The minimum Gasteiger partial charge on any atom is -0.358 e. The van der Waals surface area contributed by atoms with Crippen LogP contribution in [-0.4, -0.2) is 23.6 Å². The molecular weight excluding hydrogens is 210 g/mol. The molecule has 1 rings (SSSR count). The van der Waals surface area contributed by atoms with E-state index in [0.717, 1.165) is 18.1 Å². The van der Waals surface area contributed by atoms with E-state index in [1.807, 2.05) is 7.05 Å². The molecule has 15 heavy (non-hydrogen) atoms. The molecule has 0 saturated heterocycles. The Bertz CT molecular complexity index is 304. The Morgan fingerprint density at radius 3 is 2.80 bits per heavy atom. The normalized spacial score (nSPS) is 12.5. The van der Waals surface area contributed by atoms with Gasteiger partial charge in [-0.1, -0.05) is 20.3 Å². The summed E-state index contributed by atoms with van der Waals surface area (Å²) in [6.07, 6.45) is 4.65. The second kappa shape index (κ2) is 5.91. The first kappa shape index (κ1) is 12.2.